The minimum atomic E-state index is -0.383. The average Bonchev–Trinajstić information content (AvgIpc) is 3.04. The van der Waals surface area contributed by atoms with Crippen molar-refractivity contribution in [3.63, 3.8) is 0 Å². The van der Waals surface area contributed by atoms with Crippen LogP contribution in [-0.4, -0.2) is 25.7 Å². The molecule has 0 spiro atoms. The summed E-state index contributed by atoms with van der Waals surface area (Å²) >= 11 is 5.09. The van der Waals surface area contributed by atoms with E-state index in [0.717, 1.165) is 32.3 Å². The maximum absolute atomic E-state index is 11.1. The highest BCUT2D eigenvalue weighted by atomic mass is 79.9. The standard InChI is InChI=1S/C19H13BrN4O2S/c1-27-19-21-8-7-18(22-19)23-11-16(20)15-6-5-13(10-17(15)23)12-3-2-4-14(9-12)24(25)26/h2-11H,1H3. The summed E-state index contributed by atoms with van der Waals surface area (Å²) in [4.78, 5) is 19.5. The Balaban J connectivity index is 1.89. The van der Waals surface area contributed by atoms with Crippen LogP contribution < -0.4 is 0 Å². The number of aromatic nitrogens is 3. The van der Waals surface area contributed by atoms with E-state index in [1.807, 2.05) is 47.4 Å². The van der Waals surface area contributed by atoms with Crippen molar-refractivity contribution >= 4 is 44.3 Å². The van der Waals surface area contributed by atoms with Gasteiger partial charge in [0.2, 0.25) is 0 Å². The van der Waals surface area contributed by atoms with Crippen LogP contribution >= 0.6 is 27.7 Å². The summed E-state index contributed by atoms with van der Waals surface area (Å²) in [6.07, 6.45) is 5.63. The van der Waals surface area contributed by atoms with Crippen molar-refractivity contribution < 1.29 is 4.92 Å². The van der Waals surface area contributed by atoms with Gasteiger partial charge in [0.1, 0.15) is 5.82 Å². The van der Waals surface area contributed by atoms with Crippen molar-refractivity contribution in [2.45, 2.75) is 5.16 Å². The Morgan fingerprint density at radius 3 is 2.74 bits per heavy atom. The molecule has 27 heavy (non-hydrogen) atoms. The second-order valence-corrected chi connectivity index (χ2v) is 7.42. The van der Waals surface area contributed by atoms with Crippen molar-refractivity contribution in [2.24, 2.45) is 0 Å². The maximum atomic E-state index is 11.1. The first-order chi connectivity index (χ1) is 13.1. The van der Waals surface area contributed by atoms with E-state index in [1.165, 1.54) is 17.8 Å². The van der Waals surface area contributed by atoms with Gasteiger partial charge in [0.15, 0.2) is 5.16 Å². The van der Waals surface area contributed by atoms with Crippen LogP contribution in [0.3, 0.4) is 0 Å². The normalized spacial score (nSPS) is 11.0. The number of thioether (sulfide) groups is 1. The predicted octanol–water partition coefficient (Wildman–Crippen LogP) is 5.48. The van der Waals surface area contributed by atoms with Gasteiger partial charge >= 0.3 is 0 Å². The molecule has 0 fully saturated rings. The lowest BCUT2D eigenvalue weighted by Crippen LogP contribution is -1.98. The zero-order valence-corrected chi connectivity index (χ0v) is 16.6. The molecular formula is C19H13BrN4O2S. The summed E-state index contributed by atoms with van der Waals surface area (Å²) in [5.74, 6) is 0.765. The third-order valence-electron chi connectivity index (χ3n) is 4.20. The highest BCUT2D eigenvalue weighted by molar-refractivity contribution is 9.10. The minimum Gasteiger partial charge on any atom is -0.300 e. The molecule has 6 nitrogen and oxygen atoms in total. The van der Waals surface area contributed by atoms with Crippen LogP contribution in [0.5, 0.6) is 0 Å². The fourth-order valence-corrected chi connectivity index (χ4v) is 3.81. The summed E-state index contributed by atoms with van der Waals surface area (Å²) in [5.41, 5.74) is 2.72. The quantitative estimate of drug-likeness (QED) is 0.182. The van der Waals surface area contributed by atoms with Gasteiger partial charge in [0.25, 0.3) is 5.69 Å². The molecule has 0 saturated carbocycles. The Bertz CT molecular complexity index is 1180. The fourth-order valence-electron chi connectivity index (χ4n) is 2.92. The topological polar surface area (TPSA) is 73.8 Å². The molecule has 4 rings (SSSR count). The smallest absolute Gasteiger partial charge is 0.270 e. The lowest BCUT2D eigenvalue weighted by atomic mass is 10.0. The number of nitro benzene ring substituents is 1. The molecular weight excluding hydrogens is 428 g/mol. The van der Waals surface area contributed by atoms with E-state index in [4.69, 9.17) is 0 Å². The van der Waals surface area contributed by atoms with Gasteiger partial charge in [0, 0.05) is 34.4 Å². The molecule has 0 saturated heterocycles. The van der Waals surface area contributed by atoms with E-state index in [-0.39, 0.29) is 10.6 Å². The summed E-state index contributed by atoms with van der Waals surface area (Å²) in [6.45, 7) is 0. The van der Waals surface area contributed by atoms with Gasteiger partial charge in [-0.05, 0) is 45.4 Å². The molecule has 4 aromatic rings. The third-order valence-corrected chi connectivity index (χ3v) is 5.39. The molecule has 0 N–H and O–H groups in total. The second kappa shape index (κ2) is 7.13. The van der Waals surface area contributed by atoms with Crippen LogP contribution in [0.4, 0.5) is 5.69 Å². The van der Waals surface area contributed by atoms with Gasteiger partial charge in [-0.1, -0.05) is 36.0 Å². The van der Waals surface area contributed by atoms with Crippen LogP contribution in [0.25, 0.3) is 27.8 Å². The van der Waals surface area contributed by atoms with Crippen molar-refractivity contribution in [3.05, 3.63) is 75.5 Å². The van der Waals surface area contributed by atoms with Gasteiger partial charge < -0.3 is 0 Å². The number of nitro groups is 1. The molecule has 0 aliphatic carbocycles. The highest BCUT2D eigenvalue weighted by Crippen LogP contribution is 2.33. The van der Waals surface area contributed by atoms with E-state index >= 15 is 0 Å². The second-order valence-electron chi connectivity index (χ2n) is 5.79. The first kappa shape index (κ1) is 17.7. The maximum Gasteiger partial charge on any atom is 0.270 e. The van der Waals surface area contributed by atoms with Gasteiger partial charge in [-0.15, -0.1) is 0 Å². The fraction of sp³-hybridized carbons (Fsp3) is 0.0526. The van der Waals surface area contributed by atoms with Crippen LogP contribution in [0, 0.1) is 10.1 Å². The summed E-state index contributed by atoms with van der Waals surface area (Å²) < 4.78 is 2.94. The Morgan fingerprint density at radius 2 is 1.96 bits per heavy atom. The van der Waals surface area contributed by atoms with Crippen LogP contribution in [0.2, 0.25) is 0 Å². The van der Waals surface area contributed by atoms with Gasteiger partial charge in [0.05, 0.1) is 10.4 Å². The first-order valence-corrected chi connectivity index (χ1v) is 10.0. The Morgan fingerprint density at radius 1 is 1.15 bits per heavy atom. The number of halogens is 1. The number of benzene rings is 2. The van der Waals surface area contributed by atoms with Gasteiger partial charge in [-0.2, -0.15) is 0 Å². The Kier molecular flexibility index (Phi) is 4.67. The van der Waals surface area contributed by atoms with Gasteiger partial charge in [-0.3, -0.25) is 14.7 Å². The summed E-state index contributed by atoms with van der Waals surface area (Å²) in [7, 11) is 0. The lowest BCUT2D eigenvalue weighted by Gasteiger charge is -2.07. The number of non-ortho nitro benzene ring substituents is 1. The van der Waals surface area contributed by atoms with E-state index in [2.05, 4.69) is 25.9 Å². The summed E-state index contributed by atoms with van der Waals surface area (Å²) in [5, 5.41) is 12.8. The van der Waals surface area contributed by atoms with Crippen molar-refractivity contribution in [1.29, 1.82) is 0 Å². The molecule has 8 heteroatoms. The van der Waals surface area contributed by atoms with Crippen molar-refractivity contribution in [1.82, 2.24) is 14.5 Å². The number of nitrogens with zero attached hydrogens (tertiary/aromatic N) is 4. The first-order valence-electron chi connectivity index (χ1n) is 7.99. The molecule has 0 unspecified atom stereocenters. The number of rotatable bonds is 4. The third kappa shape index (κ3) is 3.33. The van der Waals surface area contributed by atoms with Crippen molar-refractivity contribution in [2.75, 3.05) is 6.26 Å². The van der Waals surface area contributed by atoms with Crippen LogP contribution in [0.15, 0.2) is 70.6 Å². The van der Waals surface area contributed by atoms with E-state index in [0.29, 0.717) is 5.16 Å². The zero-order chi connectivity index (χ0) is 19.0. The monoisotopic (exact) mass is 440 g/mol. The molecule has 134 valence electrons. The lowest BCUT2D eigenvalue weighted by molar-refractivity contribution is -0.384. The number of hydrogen-bond acceptors (Lipinski definition) is 5. The molecule has 0 aliphatic rings. The largest absolute Gasteiger partial charge is 0.300 e. The summed E-state index contributed by atoms with van der Waals surface area (Å²) in [6, 6.07) is 14.5. The van der Waals surface area contributed by atoms with E-state index in [9.17, 15) is 10.1 Å². The van der Waals surface area contributed by atoms with E-state index < -0.39 is 0 Å². The van der Waals surface area contributed by atoms with E-state index in [1.54, 1.807) is 18.3 Å². The Hall–Kier alpha value is -2.71. The van der Waals surface area contributed by atoms with Crippen molar-refractivity contribution in [3.8, 4) is 16.9 Å². The molecule has 0 atom stereocenters. The van der Waals surface area contributed by atoms with Crippen LogP contribution in [0.1, 0.15) is 0 Å². The van der Waals surface area contributed by atoms with Crippen LogP contribution in [-0.2, 0) is 0 Å². The highest BCUT2D eigenvalue weighted by Gasteiger charge is 2.13. The molecule has 2 aromatic carbocycles. The molecule has 2 aromatic heterocycles. The average molecular weight is 441 g/mol. The number of hydrogen-bond donors (Lipinski definition) is 0. The Labute approximate surface area is 167 Å². The molecule has 2 heterocycles. The minimum absolute atomic E-state index is 0.0737. The predicted molar refractivity (Wildman–Crippen MR) is 110 cm³/mol. The molecule has 0 amide bonds. The van der Waals surface area contributed by atoms with Gasteiger partial charge in [-0.25, -0.2) is 9.97 Å². The molecule has 0 radical (unpaired) electrons. The SMILES string of the molecule is CSc1nccc(-n2cc(Br)c3ccc(-c4cccc([N+](=O)[O-])c4)cc32)n1. The number of fused-ring (bicyclic) bond motifs is 1. The molecule has 0 aliphatic heterocycles. The zero-order valence-electron chi connectivity index (χ0n) is 14.2. The molecule has 0 bridgehead atoms.